The standard InChI is InChI=1S/C15H15NO4S2/c1-2-20-13(18)6-7-16-14(19)12(22-15(16)21)9-10-4-3-5-11(17)8-10/h3-5,8-9,17H,2,6-7H2,1H3/b12-9-. The molecule has 0 radical (unpaired) electrons. The predicted octanol–water partition coefficient (Wildman–Crippen LogP) is 2.55. The van der Waals surface area contributed by atoms with Crippen LogP contribution in [0.5, 0.6) is 5.75 Å². The number of hydrogen-bond acceptors (Lipinski definition) is 6. The van der Waals surface area contributed by atoms with Crippen molar-refractivity contribution >= 4 is 46.3 Å². The van der Waals surface area contributed by atoms with Gasteiger partial charge in [-0.3, -0.25) is 14.5 Å². The van der Waals surface area contributed by atoms with E-state index < -0.39 is 0 Å². The Kier molecular flexibility index (Phi) is 5.57. The van der Waals surface area contributed by atoms with Crippen molar-refractivity contribution in [2.24, 2.45) is 0 Å². The van der Waals surface area contributed by atoms with Crippen molar-refractivity contribution in [2.45, 2.75) is 13.3 Å². The molecule has 0 aliphatic carbocycles. The van der Waals surface area contributed by atoms with E-state index in [9.17, 15) is 14.7 Å². The number of hydrogen-bond donors (Lipinski definition) is 1. The van der Waals surface area contributed by atoms with Crippen LogP contribution in [-0.2, 0) is 14.3 Å². The molecule has 0 unspecified atom stereocenters. The highest BCUT2D eigenvalue weighted by atomic mass is 32.2. The fraction of sp³-hybridized carbons (Fsp3) is 0.267. The van der Waals surface area contributed by atoms with Gasteiger partial charge in [-0.1, -0.05) is 36.1 Å². The SMILES string of the molecule is CCOC(=O)CCN1C(=O)/C(=C/c2cccc(O)c2)SC1=S. The first-order valence-electron chi connectivity index (χ1n) is 6.71. The van der Waals surface area contributed by atoms with E-state index in [0.717, 1.165) is 0 Å². The zero-order valence-corrected chi connectivity index (χ0v) is 13.6. The molecule has 116 valence electrons. The van der Waals surface area contributed by atoms with Gasteiger partial charge in [0.15, 0.2) is 0 Å². The molecule has 1 amide bonds. The maximum atomic E-state index is 12.3. The third-order valence-electron chi connectivity index (χ3n) is 2.89. The van der Waals surface area contributed by atoms with Gasteiger partial charge in [-0.15, -0.1) is 0 Å². The molecule has 2 rings (SSSR count). The van der Waals surface area contributed by atoms with Gasteiger partial charge in [0.25, 0.3) is 5.91 Å². The first kappa shape index (κ1) is 16.5. The van der Waals surface area contributed by atoms with E-state index in [2.05, 4.69) is 0 Å². The lowest BCUT2D eigenvalue weighted by atomic mass is 10.2. The summed E-state index contributed by atoms with van der Waals surface area (Å²) < 4.78 is 5.26. The van der Waals surface area contributed by atoms with Gasteiger partial charge >= 0.3 is 5.97 Å². The second-order valence-corrected chi connectivity index (χ2v) is 6.16. The number of nitrogens with zero attached hydrogens (tertiary/aromatic N) is 1. The Labute approximate surface area is 137 Å². The molecule has 1 aliphatic heterocycles. The van der Waals surface area contributed by atoms with Gasteiger partial charge in [0, 0.05) is 6.54 Å². The van der Waals surface area contributed by atoms with Crippen LogP contribution in [0.25, 0.3) is 6.08 Å². The van der Waals surface area contributed by atoms with Crippen molar-refractivity contribution in [1.82, 2.24) is 4.90 Å². The third kappa shape index (κ3) is 4.08. The van der Waals surface area contributed by atoms with Crippen molar-refractivity contribution < 1.29 is 19.4 Å². The van der Waals surface area contributed by atoms with Crippen molar-refractivity contribution in [2.75, 3.05) is 13.2 Å². The Morgan fingerprint density at radius 3 is 2.95 bits per heavy atom. The number of aromatic hydroxyl groups is 1. The molecule has 5 nitrogen and oxygen atoms in total. The fourth-order valence-corrected chi connectivity index (χ4v) is 3.20. The minimum absolute atomic E-state index is 0.111. The van der Waals surface area contributed by atoms with Crippen LogP contribution in [0.1, 0.15) is 18.9 Å². The third-order valence-corrected chi connectivity index (χ3v) is 4.26. The second-order valence-electron chi connectivity index (χ2n) is 4.48. The van der Waals surface area contributed by atoms with Crippen LogP contribution >= 0.6 is 24.0 Å². The molecule has 22 heavy (non-hydrogen) atoms. The lowest BCUT2D eigenvalue weighted by Gasteiger charge is -2.13. The molecule has 1 aromatic rings. The zero-order chi connectivity index (χ0) is 16.1. The number of carbonyl (C=O) groups is 2. The summed E-state index contributed by atoms with van der Waals surface area (Å²) in [6.45, 7) is 2.25. The van der Waals surface area contributed by atoms with E-state index in [1.54, 1.807) is 37.3 Å². The number of ether oxygens (including phenoxy) is 1. The lowest BCUT2D eigenvalue weighted by molar-refractivity contribution is -0.143. The highest BCUT2D eigenvalue weighted by Crippen LogP contribution is 2.32. The average molecular weight is 337 g/mol. The van der Waals surface area contributed by atoms with Gasteiger partial charge in [0.05, 0.1) is 17.9 Å². The maximum absolute atomic E-state index is 12.3. The summed E-state index contributed by atoms with van der Waals surface area (Å²) in [7, 11) is 0. The van der Waals surface area contributed by atoms with Crippen molar-refractivity contribution in [1.29, 1.82) is 0 Å². The maximum Gasteiger partial charge on any atom is 0.307 e. The number of esters is 1. The highest BCUT2D eigenvalue weighted by molar-refractivity contribution is 8.26. The molecule has 1 saturated heterocycles. The van der Waals surface area contributed by atoms with E-state index in [-0.39, 0.29) is 30.6 Å². The first-order chi connectivity index (χ1) is 10.5. The first-order valence-corrected chi connectivity index (χ1v) is 7.93. The average Bonchev–Trinajstić information content (AvgIpc) is 2.72. The van der Waals surface area contributed by atoms with Gasteiger partial charge < -0.3 is 9.84 Å². The summed E-state index contributed by atoms with van der Waals surface area (Å²) in [4.78, 5) is 25.5. The van der Waals surface area contributed by atoms with Crippen LogP contribution in [0.4, 0.5) is 0 Å². The van der Waals surface area contributed by atoms with Crippen LogP contribution in [0.2, 0.25) is 0 Å². The van der Waals surface area contributed by atoms with Gasteiger partial charge in [0.2, 0.25) is 0 Å². The summed E-state index contributed by atoms with van der Waals surface area (Å²) in [6.07, 6.45) is 1.78. The number of phenols is 1. The van der Waals surface area contributed by atoms with E-state index in [4.69, 9.17) is 17.0 Å². The number of thioether (sulfide) groups is 1. The van der Waals surface area contributed by atoms with Gasteiger partial charge in [-0.25, -0.2) is 0 Å². The minimum atomic E-state index is -0.353. The van der Waals surface area contributed by atoms with Crippen molar-refractivity contribution in [3.05, 3.63) is 34.7 Å². The number of amides is 1. The second kappa shape index (κ2) is 7.42. The number of carbonyl (C=O) groups excluding carboxylic acids is 2. The fourth-order valence-electron chi connectivity index (χ4n) is 1.89. The molecular formula is C15H15NO4S2. The Bertz CT molecular complexity index is 642. The Morgan fingerprint density at radius 2 is 2.27 bits per heavy atom. The number of thiocarbonyl (C=S) groups is 1. The van der Waals surface area contributed by atoms with Crippen LogP contribution in [0.3, 0.4) is 0 Å². The Morgan fingerprint density at radius 1 is 1.50 bits per heavy atom. The summed E-state index contributed by atoms with van der Waals surface area (Å²) >= 11 is 6.36. The van der Waals surface area contributed by atoms with E-state index in [0.29, 0.717) is 21.4 Å². The largest absolute Gasteiger partial charge is 0.508 e. The van der Waals surface area contributed by atoms with E-state index >= 15 is 0 Å². The summed E-state index contributed by atoms with van der Waals surface area (Å²) in [5, 5.41) is 9.44. The van der Waals surface area contributed by atoms with Crippen LogP contribution < -0.4 is 0 Å². The molecule has 1 N–H and O–H groups in total. The zero-order valence-electron chi connectivity index (χ0n) is 11.9. The molecule has 0 spiro atoms. The molecule has 0 bridgehead atoms. The van der Waals surface area contributed by atoms with Gasteiger partial charge in [-0.2, -0.15) is 0 Å². The van der Waals surface area contributed by atoms with E-state index in [1.165, 1.54) is 16.7 Å². The van der Waals surface area contributed by atoms with Crippen LogP contribution in [0.15, 0.2) is 29.2 Å². The molecule has 1 aliphatic rings. The molecule has 1 aromatic carbocycles. The smallest absolute Gasteiger partial charge is 0.307 e. The Hall–Kier alpha value is -1.86. The Balaban J connectivity index is 2.06. The summed E-state index contributed by atoms with van der Waals surface area (Å²) in [5.74, 6) is -0.456. The lowest BCUT2D eigenvalue weighted by Crippen LogP contribution is -2.30. The number of benzene rings is 1. The molecule has 1 fully saturated rings. The van der Waals surface area contributed by atoms with Crippen molar-refractivity contribution in [3.63, 3.8) is 0 Å². The predicted molar refractivity (Wildman–Crippen MR) is 89.2 cm³/mol. The molecule has 1 heterocycles. The molecular weight excluding hydrogens is 322 g/mol. The summed E-state index contributed by atoms with van der Waals surface area (Å²) in [5.41, 5.74) is 0.714. The highest BCUT2D eigenvalue weighted by Gasteiger charge is 2.32. The van der Waals surface area contributed by atoms with E-state index in [1.807, 2.05) is 0 Å². The van der Waals surface area contributed by atoms with Gasteiger partial charge in [-0.05, 0) is 30.7 Å². The van der Waals surface area contributed by atoms with Crippen LogP contribution in [0, 0.1) is 0 Å². The number of phenolic OH excluding ortho intramolecular Hbond substituents is 1. The molecule has 0 aromatic heterocycles. The van der Waals surface area contributed by atoms with Crippen LogP contribution in [-0.4, -0.2) is 39.4 Å². The molecule has 0 atom stereocenters. The molecule has 7 heteroatoms. The topological polar surface area (TPSA) is 66.8 Å². The number of rotatable bonds is 5. The monoisotopic (exact) mass is 337 g/mol. The van der Waals surface area contributed by atoms with Crippen molar-refractivity contribution in [3.8, 4) is 5.75 Å². The van der Waals surface area contributed by atoms with Gasteiger partial charge in [0.1, 0.15) is 10.1 Å². The molecule has 0 saturated carbocycles. The normalized spacial score (nSPS) is 16.4. The minimum Gasteiger partial charge on any atom is -0.508 e. The summed E-state index contributed by atoms with van der Waals surface area (Å²) in [6, 6.07) is 6.60. The quantitative estimate of drug-likeness (QED) is 0.506.